The van der Waals surface area contributed by atoms with Crippen LogP contribution in [0.1, 0.15) is 11.3 Å². The molecule has 0 amide bonds. The lowest BCUT2D eigenvalue weighted by Crippen LogP contribution is -2.16. The normalized spacial score (nSPS) is 13.1. The van der Waals surface area contributed by atoms with Crippen molar-refractivity contribution in [2.75, 3.05) is 18.5 Å². The molecule has 0 saturated carbocycles. The number of fused-ring (bicyclic) bond motifs is 1. The van der Waals surface area contributed by atoms with E-state index in [0.717, 1.165) is 37.5 Å². The minimum Gasteiger partial charge on any atom is -0.486 e. The number of aromatic nitrogens is 1. The first kappa shape index (κ1) is 14.7. The first-order valence-electron chi connectivity index (χ1n) is 6.58. The molecule has 0 fully saturated rings. The molecular weight excluding hydrogens is 400 g/mol. The molecule has 1 N–H and O–H groups in total. The van der Waals surface area contributed by atoms with Crippen LogP contribution >= 0.6 is 31.9 Å². The second-order valence-electron chi connectivity index (χ2n) is 4.72. The van der Waals surface area contributed by atoms with Crippen LogP contribution in [0.5, 0.6) is 11.5 Å². The van der Waals surface area contributed by atoms with Gasteiger partial charge in [-0.05, 0) is 68.6 Å². The molecule has 1 aliphatic heterocycles. The summed E-state index contributed by atoms with van der Waals surface area (Å²) in [6.45, 7) is 3.85. The highest BCUT2D eigenvalue weighted by Gasteiger charge is 2.16. The third kappa shape index (κ3) is 3.32. The second kappa shape index (κ2) is 6.23. The molecule has 0 bridgehead atoms. The molecule has 0 radical (unpaired) electrons. The van der Waals surface area contributed by atoms with E-state index in [9.17, 15) is 0 Å². The SMILES string of the molecule is Cc1nc(Br)ccc1NCc1cc(Br)c2c(c1)OCCO2. The molecule has 3 rings (SSSR count). The highest BCUT2D eigenvalue weighted by Crippen LogP contribution is 2.38. The summed E-state index contributed by atoms with van der Waals surface area (Å²) < 4.78 is 13.0. The van der Waals surface area contributed by atoms with Crippen LogP contribution in [0.3, 0.4) is 0 Å². The fourth-order valence-corrected chi connectivity index (χ4v) is 3.18. The van der Waals surface area contributed by atoms with E-state index in [2.05, 4.69) is 42.2 Å². The summed E-state index contributed by atoms with van der Waals surface area (Å²) in [4.78, 5) is 4.37. The van der Waals surface area contributed by atoms with Crippen molar-refractivity contribution >= 4 is 37.5 Å². The molecule has 0 unspecified atom stereocenters. The molecule has 1 aromatic heterocycles. The van der Waals surface area contributed by atoms with Crippen LogP contribution < -0.4 is 14.8 Å². The molecule has 2 heterocycles. The number of nitrogens with one attached hydrogen (secondary N) is 1. The highest BCUT2D eigenvalue weighted by molar-refractivity contribution is 9.10. The highest BCUT2D eigenvalue weighted by atomic mass is 79.9. The van der Waals surface area contributed by atoms with Gasteiger partial charge in [-0.25, -0.2) is 4.98 Å². The van der Waals surface area contributed by atoms with Crippen molar-refractivity contribution < 1.29 is 9.47 Å². The smallest absolute Gasteiger partial charge is 0.175 e. The number of anilines is 1. The Morgan fingerprint density at radius 3 is 2.81 bits per heavy atom. The summed E-state index contributed by atoms with van der Waals surface area (Å²) in [5, 5.41) is 3.39. The van der Waals surface area contributed by atoms with Crippen molar-refractivity contribution in [3.05, 3.63) is 44.6 Å². The topological polar surface area (TPSA) is 43.4 Å². The summed E-state index contributed by atoms with van der Waals surface area (Å²) in [5.74, 6) is 1.57. The summed E-state index contributed by atoms with van der Waals surface area (Å²) in [5.41, 5.74) is 3.10. The van der Waals surface area contributed by atoms with Gasteiger partial charge in [0.15, 0.2) is 11.5 Å². The minimum atomic E-state index is 0.589. The number of ether oxygens (including phenoxy) is 2. The van der Waals surface area contributed by atoms with Crippen molar-refractivity contribution in [1.29, 1.82) is 0 Å². The molecule has 110 valence electrons. The largest absolute Gasteiger partial charge is 0.486 e. The fraction of sp³-hybridized carbons (Fsp3) is 0.267. The Morgan fingerprint density at radius 2 is 2.00 bits per heavy atom. The lowest BCUT2D eigenvalue weighted by Gasteiger charge is -2.20. The predicted molar refractivity (Wildman–Crippen MR) is 89.1 cm³/mol. The van der Waals surface area contributed by atoms with Gasteiger partial charge in [0.25, 0.3) is 0 Å². The Hall–Kier alpha value is -1.27. The van der Waals surface area contributed by atoms with Crippen molar-refractivity contribution in [1.82, 2.24) is 4.98 Å². The van der Waals surface area contributed by atoms with Gasteiger partial charge in [0.05, 0.1) is 15.9 Å². The standard InChI is InChI=1S/C15H14Br2N2O2/c1-9-12(2-3-14(17)19-9)18-8-10-6-11(16)15-13(7-10)20-4-5-21-15/h2-3,6-7,18H,4-5,8H2,1H3. The summed E-state index contributed by atoms with van der Waals surface area (Å²) >= 11 is 6.90. The quantitative estimate of drug-likeness (QED) is 0.762. The zero-order valence-corrected chi connectivity index (χ0v) is 14.6. The van der Waals surface area contributed by atoms with E-state index in [1.807, 2.05) is 31.2 Å². The van der Waals surface area contributed by atoms with Crippen molar-refractivity contribution in [3.63, 3.8) is 0 Å². The fourth-order valence-electron chi connectivity index (χ4n) is 2.18. The first-order chi connectivity index (χ1) is 10.1. The molecule has 0 atom stereocenters. The van der Waals surface area contributed by atoms with Crippen LogP contribution in [-0.4, -0.2) is 18.2 Å². The van der Waals surface area contributed by atoms with Gasteiger partial charge >= 0.3 is 0 Å². The van der Waals surface area contributed by atoms with Gasteiger partial charge in [0, 0.05) is 6.54 Å². The third-order valence-electron chi connectivity index (χ3n) is 3.19. The lowest BCUT2D eigenvalue weighted by atomic mass is 10.2. The Balaban J connectivity index is 1.77. The predicted octanol–water partition coefficient (Wildman–Crippen LogP) is 4.30. The van der Waals surface area contributed by atoms with E-state index in [4.69, 9.17) is 9.47 Å². The third-order valence-corrected chi connectivity index (χ3v) is 4.22. The molecular formula is C15H14Br2N2O2. The monoisotopic (exact) mass is 412 g/mol. The number of hydrogen-bond donors (Lipinski definition) is 1. The van der Waals surface area contributed by atoms with E-state index < -0.39 is 0 Å². The number of halogens is 2. The zero-order valence-electron chi connectivity index (χ0n) is 11.5. The maximum absolute atomic E-state index is 5.64. The van der Waals surface area contributed by atoms with Crippen LogP contribution in [0, 0.1) is 6.92 Å². The number of aryl methyl sites for hydroxylation is 1. The van der Waals surface area contributed by atoms with Crippen molar-refractivity contribution in [2.45, 2.75) is 13.5 Å². The number of benzene rings is 1. The van der Waals surface area contributed by atoms with Crippen LogP contribution in [0.15, 0.2) is 33.3 Å². The van der Waals surface area contributed by atoms with Crippen LogP contribution in [0.25, 0.3) is 0 Å². The molecule has 1 aliphatic rings. The maximum atomic E-state index is 5.64. The molecule has 0 saturated heterocycles. The van der Waals surface area contributed by atoms with Crippen molar-refractivity contribution in [2.24, 2.45) is 0 Å². The molecule has 0 spiro atoms. The summed E-state index contributed by atoms with van der Waals surface area (Å²) in [6.07, 6.45) is 0. The summed E-state index contributed by atoms with van der Waals surface area (Å²) in [6, 6.07) is 7.99. The Morgan fingerprint density at radius 1 is 1.19 bits per heavy atom. The van der Waals surface area contributed by atoms with Crippen LogP contribution in [-0.2, 0) is 6.54 Å². The Kier molecular flexibility index (Phi) is 4.35. The molecule has 0 aliphatic carbocycles. The van der Waals surface area contributed by atoms with Gasteiger partial charge in [-0.3, -0.25) is 0 Å². The van der Waals surface area contributed by atoms with Crippen LogP contribution in [0.2, 0.25) is 0 Å². The average Bonchev–Trinajstić information content (AvgIpc) is 2.46. The van der Waals surface area contributed by atoms with E-state index >= 15 is 0 Å². The number of nitrogens with zero attached hydrogens (tertiary/aromatic N) is 1. The van der Waals surface area contributed by atoms with Gasteiger partial charge < -0.3 is 14.8 Å². The number of rotatable bonds is 3. The van der Waals surface area contributed by atoms with Gasteiger partial charge in [-0.15, -0.1) is 0 Å². The van der Waals surface area contributed by atoms with E-state index in [-0.39, 0.29) is 0 Å². The summed E-state index contributed by atoms with van der Waals surface area (Å²) in [7, 11) is 0. The minimum absolute atomic E-state index is 0.589. The van der Waals surface area contributed by atoms with Crippen molar-refractivity contribution in [3.8, 4) is 11.5 Å². The number of hydrogen-bond acceptors (Lipinski definition) is 4. The lowest BCUT2D eigenvalue weighted by molar-refractivity contribution is 0.170. The zero-order chi connectivity index (χ0) is 14.8. The van der Waals surface area contributed by atoms with Gasteiger partial charge in [-0.1, -0.05) is 0 Å². The van der Waals surface area contributed by atoms with Gasteiger partial charge in [0.1, 0.15) is 17.8 Å². The molecule has 1 aromatic carbocycles. The Bertz CT molecular complexity index is 677. The van der Waals surface area contributed by atoms with Gasteiger partial charge in [0.2, 0.25) is 0 Å². The molecule has 6 heteroatoms. The maximum Gasteiger partial charge on any atom is 0.175 e. The van der Waals surface area contributed by atoms with E-state index in [1.54, 1.807) is 0 Å². The van der Waals surface area contributed by atoms with E-state index in [0.29, 0.717) is 19.8 Å². The van der Waals surface area contributed by atoms with E-state index in [1.165, 1.54) is 0 Å². The average molecular weight is 414 g/mol. The number of pyridine rings is 1. The first-order valence-corrected chi connectivity index (χ1v) is 8.17. The van der Waals surface area contributed by atoms with Gasteiger partial charge in [-0.2, -0.15) is 0 Å². The second-order valence-corrected chi connectivity index (χ2v) is 6.39. The molecule has 21 heavy (non-hydrogen) atoms. The molecule has 4 nitrogen and oxygen atoms in total. The molecule has 2 aromatic rings. The van der Waals surface area contributed by atoms with Crippen LogP contribution in [0.4, 0.5) is 5.69 Å². The Labute approximate surface area is 140 Å².